The molecule has 0 spiro atoms. The molecule has 0 atom stereocenters. The number of alkyl halides is 3. The minimum Gasteiger partial charge on any atom is -0.357 e. The van der Waals surface area contributed by atoms with E-state index >= 15 is 0 Å². The lowest BCUT2D eigenvalue weighted by Gasteiger charge is -2.46. The fourth-order valence-electron chi connectivity index (χ4n) is 5.05. The van der Waals surface area contributed by atoms with Crippen molar-refractivity contribution in [3.8, 4) is 11.1 Å². The Kier molecular flexibility index (Phi) is 6.13. The number of hydrogen-bond acceptors (Lipinski definition) is 2. The average molecular weight is 482 g/mol. The largest absolute Gasteiger partial charge is 0.416 e. The molecule has 8 heteroatoms. The van der Waals surface area contributed by atoms with E-state index in [0.717, 1.165) is 38.1 Å². The van der Waals surface area contributed by atoms with E-state index in [-0.39, 0.29) is 11.8 Å². The first-order chi connectivity index (χ1) is 16.8. The van der Waals surface area contributed by atoms with Crippen LogP contribution in [0.2, 0.25) is 0 Å². The molecule has 2 saturated heterocycles. The number of halogens is 3. The van der Waals surface area contributed by atoms with E-state index in [2.05, 4.69) is 4.98 Å². The fraction of sp³-hybridized carbons (Fsp3) is 0.333. The molecule has 0 unspecified atom stereocenters. The number of H-pyrrole nitrogens is 1. The maximum absolute atomic E-state index is 13.0. The number of carbonyl (C=O) groups excluding carboxylic acids is 2. The number of benzene rings is 2. The van der Waals surface area contributed by atoms with Crippen LogP contribution in [0.1, 0.15) is 39.3 Å². The van der Waals surface area contributed by atoms with Gasteiger partial charge in [0.25, 0.3) is 11.8 Å². The fourth-order valence-corrected chi connectivity index (χ4v) is 5.05. The van der Waals surface area contributed by atoms with Crippen molar-refractivity contribution in [1.29, 1.82) is 0 Å². The van der Waals surface area contributed by atoms with E-state index in [1.54, 1.807) is 42.6 Å². The molecule has 2 aromatic carbocycles. The van der Waals surface area contributed by atoms with Crippen molar-refractivity contribution >= 4 is 11.8 Å². The van der Waals surface area contributed by atoms with Crippen LogP contribution in [0.15, 0.2) is 66.9 Å². The summed E-state index contributed by atoms with van der Waals surface area (Å²) in [6.45, 7) is 2.85. The van der Waals surface area contributed by atoms with Crippen molar-refractivity contribution in [2.24, 2.45) is 11.8 Å². The molecule has 0 bridgehead atoms. The summed E-state index contributed by atoms with van der Waals surface area (Å²) in [4.78, 5) is 32.0. The highest BCUT2D eigenvalue weighted by atomic mass is 19.4. The van der Waals surface area contributed by atoms with Crippen molar-refractivity contribution < 1.29 is 22.8 Å². The molecule has 5 rings (SSSR count). The Labute approximate surface area is 201 Å². The van der Waals surface area contributed by atoms with Crippen LogP contribution in [-0.4, -0.2) is 52.8 Å². The van der Waals surface area contributed by atoms with E-state index in [0.29, 0.717) is 47.3 Å². The van der Waals surface area contributed by atoms with Gasteiger partial charge in [-0.15, -0.1) is 0 Å². The number of nitrogens with zero attached hydrogens (tertiary/aromatic N) is 2. The molecule has 2 aliphatic rings. The van der Waals surface area contributed by atoms with Crippen LogP contribution in [0.25, 0.3) is 11.1 Å². The Morgan fingerprint density at radius 3 is 2.14 bits per heavy atom. The zero-order valence-electron chi connectivity index (χ0n) is 19.1. The van der Waals surface area contributed by atoms with Crippen molar-refractivity contribution in [1.82, 2.24) is 14.8 Å². The number of amides is 2. The first-order valence-corrected chi connectivity index (χ1v) is 11.8. The predicted octanol–water partition coefficient (Wildman–Crippen LogP) is 5.32. The summed E-state index contributed by atoms with van der Waals surface area (Å²) in [5.74, 6) is 0.941. The van der Waals surface area contributed by atoms with Gasteiger partial charge in [0.1, 0.15) is 5.69 Å². The van der Waals surface area contributed by atoms with Gasteiger partial charge in [-0.25, -0.2) is 0 Å². The Hall–Kier alpha value is -3.55. The third kappa shape index (κ3) is 4.83. The second-order valence-electron chi connectivity index (χ2n) is 9.34. The van der Waals surface area contributed by atoms with Gasteiger partial charge in [0.15, 0.2) is 0 Å². The van der Waals surface area contributed by atoms with Crippen LogP contribution in [0, 0.1) is 11.8 Å². The minimum absolute atomic E-state index is 0.0347. The molecule has 5 nitrogen and oxygen atoms in total. The van der Waals surface area contributed by atoms with E-state index in [4.69, 9.17) is 0 Å². The molecule has 3 heterocycles. The molecule has 0 radical (unpaired) electrons. The molecular weight excluding hydrogens is 455 g/mol. The molecule has 35 heavy (non-hydrogen) atoms. The average Bonchev–Trinajstić information content (AvgIpc) is 3.38. The van der Waals surface area contributed by atoms with Gasteiger partial charge in [-0.2, -0.15) is 13.2 Å². The van der Waals surface area contributed by atoms with Gasteiger partial charge in [-0.1, -0.05) is 24.3 Å². The monoisotopic (exact) mass is 481 g/mol. The smallest absolute Gasteiger partial charge is 0.357 e. The first-order valence-electron chi connectivity index (χ1n) is 11.8. The molecule has 1 aromatic heterocycles. The van der Waals surface area contributed by atoms with Gasteiger partial charge < -0.3 is 14.8 Å². The molecule has 182 valence electrons. The van der Waals surface area contributed by atoms with Crippen LogP contribution < -0.4 is 0 Å². The molecular formula is C27H26F3N3O2. The summed E-state index contributed by atoms with van der Waals surface area (Å²) in [5, 5.41) is 0. The number of hydrogen-bond donors (Lipinski definition) is 1. The third-order valence-corrected chi connectivity index (χ3v) is 7.17. The van der Waals surface area contributed by atoms with Gasteiger partial charge in [-0.3, -0.25) is 9.59 Å². The lowest BCUT2D eigenvalue weighted by molar-refractivity contribution is -0.137. The zero-order valence-corrected chi connectivity index (χ0v) is 19.1. The number of likely N-dealkylation sites (tertiary alicyclic amines) is 2. The normalized spacial score (nSPS) is 17.3. The van der Waals surface area contributed by atoms with Gasteiger partial charge >= 0.3 is 6.18 Å². The van der Waals surface area contributed by atoms with Crippen molar-refractivity contribution in [2.75, 3.05) is 26.2 Å². The summed E-state index contributed by atoms with van der Waals surface area (Å²) >= 11 is 0. The SMILES string of the molecule is O=C(c1ccc(-c2cccc(C(F)(F)F)c2)cc1)N1CCC(C2CN(C(=O)c3ccc[nH]3)C2)CC1. The molecule has 2 amide bonds. The summed E-state index contributed by atoms with van der Waals surface area (Å²) in [6, 6.07) is 15.5. The highest BCUT2D eigenvalue weighted by Crippen LogP contribution is 2.34. The molecule has 1 N–H and O–H groups in total. The Balaban J connectivity index is 1.14. The topological polar surface area (TPSA) is 56.4 Å². The lowest BCUT2D eigenvalue weighted by atomic mass is 9.79. The number of carbonyl (C=O) groups is 2. The Morgan fingerprint density at radius 2 is 1.51 bits per heavy atom. The minimum atomic E-state index is -4.40. The second kappa shape index (κ2) is 9.24. The number of aromatic nitrogens is 1. The maximum Gasteiger partial charge on any atom is 0.416 e. The maximum atomic E-state index is 13.0. The van der Waals surface area contributed by atoms with E-state index < -0.39 is 11.7 Å². The summed E-state index contributed by atoms with van der Waals surface area (Å²) < 4.78 is 39.0. The highest BCUT2D eigenvalue weighted by Gasteiger charge is 2.38. The van der Waals surface area contributed by atoms with Gasteiger partial charge in [-0.05, 0) is 72.2 Å². The van der Waals surface area contributed by atoms with E-state index in [9.17, 15) is 22.8 Å². The van der Waals surface area contributed by atoms with Crippen LogP contribution in [0.5, 0.6) is 0 Å². The predicted molar refractivity (Wildman–Crippen MR) is 126 cm³/mol. The first kappa shape index (κ1) is 23.2. The van der Waals surface area contributed by atoms with Gasteiger partial charge in [0.05, 0.1) is 5.56 Å². The number of rotatable bonds is 4. The summed E-state index contributed by atoms with van der Waals surface area (Å²) in [6.07, 6.45) is -0.837. The van der Waals surface area contributed by atoms with Gasteiger partial charge in [0.2, 0.25) is 0 Å². The van der Waals surface area contributed by atoms with Crippen molar-refractivity contribution in [2.45, 2.75) is 19.0 Å². The molecule has 0 saturated carbocycles. The van der Waals surface area contributed by atoms with E-state index in [1.165, 1.54) is 6.07 Å². The molecule has 2 aliphatic heterocycles. The Morgan fingerprint density at radius 1 is 0.800 bits per heavy atom. The summed E-state index contributed by atoms with van der Waals surface area (Å²) in [5.41, 5.74) is 1.55. The second-order valence-corrected chi connectivity index (χ2v) is 9.34. The van der Waals surface area contributed by atoms with Gasteiger partial charge in [0, 0.05) is 37.9 Å². The molecule has 2 fully saturated rings. The van der Waals surface area contributed by atoms with Crippen LogP contribution in [-0.2, 0) is 6.18 Å². The Bertz CT molecular complexity index is 1190. The van der Waals surface area contributed by atoms with E-state index in [1.807, 2.05) is 15.9 Å². The zero-order chi connectivity index (χ0) is 24.6. The number of nitrogens with one attached hydrogen (secondary N) is 1. The number of aromatic amines is 1. The lowest BCUT2D eigenvalue weighted by Crippen LogP contribution is -2.54. The van der Waals surface area contributed by atoms with Crippen molar-refractivity contribution in [3.05, 3.63) is 83.7 Å². The van der Waals surface area contributed by atoms with Crippen LogP contribution in [0.4, 0.5) is 13.2 Å². The molecule has 0 aliphatic carbocycles. The van der Waals surface area contributed by atoms with Crippen molar-refractivity contribution in [3.63, 3.8) is 0 Å². The number of piperidine rings is 1. The van der Waals surface area contributed by atoms with Crippen LogP contribution in [0.3, 0.4) is 0 Å². The van der Waals surface area contributed by atoms with Crippen LogP contribution >= 0.6 is 0 Å². The highest BCUT2D eigenvalue weighted by molar-refractivity contribution is 5.95. The third-order valence-electron chi connectivity index (χ3n) is 7.17. The quantitative estimate of drug-likeness (QED) is 0.548. The summed E-state index contributed by atoms with van der Waals surface area (Å²) in [7, 11) is 0. The molecule has 3 aromatic rings. The standard InChI is InChI=1S/C27H26F3N3O2/c28-27(29,30)23-4-1-3-21(15-23)18-6-8-20(9-7-18)25(34)32-13-10-19(11-14-32)22-16-33(17-22)26(35)24-5-2-12-31-24/h1-9,12,15,19,22,31H,10-11,13-14,16-17H2.